The molecule has 0 bridgehead atoms. The van der Waals surface area contributed by atoms with Gasteiger partial charge in [0.15, 0.2) is 24.6 Å². The molecule has 0 saturated carbocycles. The van der Waals surface area contributed by atoms with Crippen molar-refractivity contribution in [3.63, 3.8) is 0 Å². The van der Waals surface area contributed by atoms with Crippen molar-refractivity contribution in [3.05, 3.63) is 85.1 Å². The van der Waals surface area contributed by atoms with Crippen LogP contribution in [0.4, 0.5) is 0 Å². The van der Waals surface area contributed by atoms with E-state index in [9.17, 15) is 34.5 Å². The molecule has 12 heteroatoms. The third-order valence-electron chi connectivity index (χ3n) is 13.9. The molecule has 12 nitrogen and oxygen atoms in total. The Bertz CT molecular complexity index is 1700. The molecule has 79 heavy (non-hydrogen) atoms. The second kappa shape index (κ2) is 54.5. The van der Waals surface area contributed by atoms with Crippen LogP contribution in [0.1, 0.15) is 265 Å². The lowest BCUT2D eigenvalue weighted by Gasteiger charge is -2.40. The molecule has 0 spiro atoms. The van der Waals surface area contributed by atoms with E-state index in [1.807, 2.05) is 0 Å². The van der Waals surface area contributed by atoms with Gasteiger partial charge in [0.2, 0.25) is 0 Å². The standard InChI is InChI=1S/C67H112O12/c1-4-7-10-13-16-19-22-25-27-29-30-32-34-37-40-43-46-49-52-55-61(70)78-65-63(72)62(71)64(66(73)74)79-67(65)76-57-58(77-60(69)54-51-48-45-42-39-35-24-21-18-15-12-9-6-3)56-75-59(68)53-50-47-44-41-38-36-33-31-28-26-23-20-17-14-11-8-5-2/h8,11,16-17,19-21,24-28,33,36,58,62-65,67,71-72H,4-7,9-10,12-15,18,22-23,29-32,34-35,37-57H2,1-3H3,(H,73,74)/b11-8-,19-16-,20-17-,24-21-,27-25-,28-26-,36-33-. The third kappa shape index (κ3) is 44.3. The molecule has 0 radical (unpaired) electrons. The van der Waals surface area contributed by atoms with Crippen molar-refractivity contribution in [2.24, 2.45) is 0 Å². The first-order valence-corrected chi connectivity index (χ1v) is 31.6. The zero-order valence-corrected chi connectivity index (χ0v) is 49.8. The molecule has 0 aromatic heterocycles. The second-order valence-electron chi connectivity index (χ2n) is 21.3. The molecule has 6 unspecified atom stereocenters. The van der Waals surface area contributed by atoms with Gasteiger partial charge in [-0.25, -0.2) is 4.79 Å². The molecule has 1 fully saturated rings. The van der Waals surface area contributed by atoms with Crippen LogP contribution in [0.3, 0.4) is 0 Å². The molecule has 1 aliphatic heterocycles. The summed E-state index contributed by atoms with van der Waals surface area (Å²) in [5, 5.41) is 31.6. The summed E-state index contributed by atoms with van der Waals surface area (Å²) in [5.74, 6) is -3.16. The van der Waals surface area contributed by atoms with E-state index in [1.165, 1.54) is 77.0 Å². The number of carboxylic acid groups (broad SMARTS) is 1. The largest absolute Gasteiger partial charge is 0.479 e. The van der Waals surface area contributed by atoms with Crippen molar-refractivity contribution < 1.29 is 58.2 Å². The molecular formula is C67H112O12. The van der Waals surface area contributed by atoms with Gasteiger partial charge < -0.3 is 39.0 Å². The molecular weight excluding hydrogens is 997 g/mol. The Morgan fingerprint density at radius 3 is 1.25 bits per heavy atom. The molecule has 6 atom stereocenters. The van der Waals surface area contributed by atoms with E-state index >= 15 is 0 Å². The van der Waals surface area contributed by atoms with Crippen LogP contribution in [-0.2, 0) is 42.9 Å². The van der Waals surface area contributed by atoms with Gasteiger partial charge in [0.1, 0.15) is 18.8 Å². The lowest BCUT2D eigenvalue weighted by molar-refractivity contribution is -0.301. The van der Waals surface area contributed by atoms with E-state index in [-0.39, 0.29) is 25.9 Å². The zero-order valence-electron chi connectivity index (χ0n) is 49.8. The number of rotatable bonds is 53. The number of aliphatic carboxylic acids is 1. The van der Waals surface area contributed by atoms with E-state index in [2.05, 4.69) is 106 Å². The van der Waals surface area contributed by atoms with Crippen molar-refractivity contribution in [3.8, 4) is 0 Å². The lowest BCUT2D eigenvalue weighted by Crippen LogP contribution is -2.61. The number of ether oxygens (including phenoxy) is 5. The summed E-state index contributed by atoms with van der Waals surface area (Å²) in [6, 6.07) is 0. The van der Waals surface area contributed by atoms with Gasteiger partial charge in [-0.2, -0.15) is 0 Å². The van der Waals surface area contributed by atoms with Crippen LogP contribution in [-0.4, -0.2) is 89.2 Å². The lowest BCUT2D eigenvalue weighted by atomic mass is 9.98. The number of aliphatic hydroxyl groups is 2. The van der Waals surface area contributed by atoms with Crippen molar-refractivity contribution >= 4 is 23.9 Å². The van der Waals surface area contributed by atoms with E-state index in [1.54, 1.807) is 0 Å². The smallest absolute Gasteiger partial charge is 0.335 e. The quantitative estimate of drug-likeness (QED) is 0.0228. The van der Waals surface area contributed by atoms with Crippen LogP contribution in [0.25, 0.3) is 0 Å². The Morgan fingerprint density at radius 1 is 0.430 bits per heavy atom. The van der Waals surface area contributed by atoms with E-state index in [0.29, 0.717) is 19.3 Å². The molecule has 0 aliphatic carbocycles. The van der Waals surface area contributed by atoms with Gasteiger partial charge in [0.05, 0.1) is 6.61 Å². The molecule has 452 valence electrons. The number of hydrogen-bond donors (Lipinski definition) is 3. The molecule has 1 aliphatic rings. The van der Waals surface area contributed by atoms with Crippen LogP contribution in [0, 0.1) is 0 Å². The van der Waals surface area contributed by atoms with Gasteiger partial charge in [-0.1, -0.05) is 215 Å². The average Bonchev–Trinajstić information content (AvgIpc) is 3.47. The summed E-state index contributed by atoms with van der Waals surface area (Å²) in [7, 11) is 0. The fraction of sp³-hybridized carbons (Fsp3) is 0.731. The maximum atomic E-state index is 13.2. The highest BCUT2D eigenvalue weighted by atomic mass is 16.7. The molecule has 0 amide bonds. The predicted molar refractivity (Wildman–Crippen MR) is 321 cm³/mol. The van der Waals surface area contributed by atoms with E-state index in [0.717, 1.165) is 128 Å². The SMILES string of the molecule is CC/C=C\C/C=C\C/C=C\C/C=C\CCCCCCC(=O)OCC(COC1OC(C(=O)O)C(O)C(O)C1OC(=O)CCCCCCCCCCC/C=C\C/C=C\CCCCC)OC(=O)CCCCCCC/C=C\CCCCCC. The maximum Gasteiger partial charge on any atom is 0.335 e. The minimum atomic E-state index is -1.91. The van der Waals surface area contributed by atoms with Gasteiger partial charge in [-0.3, -0.25) is 14.4 Å². The Hall–Kier alpha value is -4.10. The topological polar surface area (TPSA) is 175 Å². The predicted octanol–water partition coefficient (Wildman–Crippen LogP) is 16.7. The summed E-state index contributed by atoms with van der Waals surface area (Å²) in [6.45, 7) is 5.83. The number of carbonyl (C=O) groups excluding carboxylic acids is 3. The third-order valence-corrected chi connectivity index (χ3v) is 13.9. The first-order chi connectivity index (χ1) is 38.6. The van der Waals surface area contributed by atoms with Crippen LogP contribution in [0.2, 0.25) is 0 Å². The second-order valence-corrected chi connectivity index (χ2v) is 21.3. The number of aliphatic hydroxyl groups excluding tert-OH is 2. The van der Waals surface area contributed by atoms with Crippen molar-refractivity contribution in [2.75, 3.05) is 13.2 Å². The Kier molecular flexibility index (Phi) is 50.3. The van der Waals surface area contributed by atoms with Crippen LogP contribution in [0.15, 0.2) is 85.1 Å². The normalized spacial score (nSPS) is 18.4. The number of unbranched alkanes of at least 4 members (excludes halogenated alkanes) is 25. The summed E-state index contributed by atoms with van der Waals surface area (Å²) in [6.07, 6.45) is 58.2. The highest BCUT2D eigenvalue weighted by Crippen LogP contribution is 2.26. The van der Waals surface area contributed by atoms with Crippen molar-refractivity contribution in [1.29, 1.82) is 0 Å². The van der Waals surface area contributed by atoms with Crippen molar-refractivity contribution in [1.82, 2.24) is 0 Å². The first-order valence-electron chi connectivity index (χ1n) is 31.6. The fourth-order valence-corrected chi connectivity index (χ4v) is 9.09. The number of carbonyl (C=O) groups is 4. The van der Waals surface area contributed by atoms with Gasteiger partial charge >= 0.3 is 23.9 Å². The summed E-state index contributed by atoms with van der Waals surface area (Å²) in [4.78, 5) is 51.2. The van der Waals surface area contributed by atoms with Gasteiger partial charge in [0.25, 0.3) is 0 Å². The Morgan fingerprint density at radius 2 is 0.797 bits per heavy atom. The number of allylic oxidation sites excluding steroid dienone is 14. The monoisotopic (exact) mass is 1110 g/mol. The van der Waals surface area contributed by atoms with Crippen LogP contribution in [0.5, 0.6) is 0 Å². The van der Waals surface area contributed by atoms with Gasteiger partial charge in [-0.15, -0.1) is 0 Å². The number of carboxylic acids is 1. The number of esters is 3. The van der Waals surface area contributed by atoms with Crippen LogP contribution >= 0.6 is 0 Å². The highest BCUT2D eigenvalue weighted by molar-refractivity contribution is 5.74. The van der Waals surface area contributed by atoms with E-state index in [4.69, 9.17) is 23.7 Å². The summed E-state index contributed by atoms with van der Waals surface area (Å²) in [5.41, 5.74) is 0. The van der Waals surface area contributed by atoms with E-state index < -0.39 is 67.3 Å². The zero-order chi connectivity index (χ0) is 57.5. The molecule has 0 aromatic rings. The molecule has 1 rings (SSSR count). The van der Waals surface area contributed by atoms with Crippen molar-refractivity contribution in [2.45, 2.75) is 302 Å². The van der Waals surface area contributed by atoms with Gasteiger partial charge in [-0.05, 0) is 116 Å². The maximum absolute atomic E-state index is 13.2. The summed E-state index contributed by atoms with van der Waals surface area (Å²) < 4.78 is 28.5. The number of hydrogen-bond acceptors (Lipinski definition) is 11. The molecule has 3 N–H and O–H groups in total. The highest BCUT2D eigenvalue weighted by Gasteiger charge is 2.50. The fourth-order valence-electron chi connectivity index (χ4n) is 9.09. The Labute approximate surface area is 480 Å². The first kappa shape index (κ1) is 72.9. The minimum Gasteiger partial charge on any atom is -0.479 e. The molecule has 1 saturated heterocycles. The molecule has 0 aromatic carbocycles. The molecule has 1 heterocycles. The van der Waals surface area contributed by atoms with Crippen LogP contribution < -0.4 is 0 Å². The minimum absolute atomic E-state index is 0.0499. The Balaban J connectivity index is 2.67. The summed E-state index contributed by atoms with van der Waals surface area (Å²) >= 11 is 0. The average molecular weight is 1110 g/mol. The van der Waals surface area contributed by atoms with Gasteiger partial charge in [0, 0.05) is 19.3 Å².